The summed E-state index contributed by atoms with van der Waals surface area (Å²) in [6, 6.07) is 8.55. The Balaban J connectivity index is 2.43. The van der Waals surface area contributed by atoms with Crippen LogP contribution in [0.1, 0.15) is 25.3 Å². The number of aryl methyl sites for hydroxylation is 1. The van der Waals surface area contributed by atoms with Gasteiger partial charge in [0, 0.05) is 25.7 Å². The molecule has 1 aromatic rings. The predicted octanol–water partition coefficient (Wildman–Crippen LogP) is 2.21. The average Bonchev–Trinajstić information content (AvgIpc) is 2.38. The predicted molar refractivity (Wildman–Crippen MR) is 71.7 cm³/mol. The standard InChI is InChI=1S/C13H21N3O/c1-3-11-6-8-12(9-7-11)16(2)10-4-5-13(14)15-17/h6-9,17H,3-5,10H2,1-2H3,(H2,14,15). The van der Waals surface area contributed by atoms with Gasteiger partial charge in [-0.15, -0.1) is 0 Å². The Hall–Kier alpha value is -1.71. The molecule has 0 saturated carbocycles. The minimum atomic E-state index is 0.291. The van der Waals surface area contributed by atoms with E-state index in [1.807, 2.05) is 7.05 Å². The van der Waals surface area contributed by atoms with Crippen molar-refractivity contribution in [1.82, 2.24) is 0 Å². The Morgan fingerprint density at radius 2 is 2.00 bits per heavy atom. The van der Waals surface area contributed by atoms with Crippen LogP contribution in [0.15, 0.2) is 29.4 Å². The second-order valence-corrected chi connectivity index (χ2v) is 4.14. The van der Waals surface area contributed by atoms with Gasteiger partial charge in [0.1, 0.15) is 5.84 Å². The third-order valence-corrected chi connectivity index (χ3v) is 2.84. The third-order valence-electron chi connectivity index (χ3n) is 2.84. The van der Waals surface area contributed by atoms with E-state index in [1.165, 1.54) is 11.3 Å². The molecule has 3 N–H and O–H groups in total. The Morgan fingerprint density at radius 1 is 1.35 bits per heavy atom. The molecule has 0 saturated heterocycles. The summed E-state index contributed by atoms with van der Waals surface area (Å²) in [5.41, 5.74) is 7.96. The second kappa shape index (κ2) is 6.78. The van der Waals surface area contributed by atoms with Gasteiger partial charge >= 0.3 is 0 Å². The highest BCUT2D eigenvalue weighted by molar-refractivity contribution is 5.79. The van der Waals surface area contributed by atoms with Crippen molar-refractivity contribution in [3.8, 4) is 0 Å². The molecular formula is C13H21N3O. The summed E-state index contributed by atoms with van der Waals surface area (Å²) in [6.07, 6.45) is 2.56. The zero-order valence-electron chi connectivity index (χ0n) is 10.6. The van der Waals surface area contributed by atoms with Crippen LogP contribution in [0.5, 0.6) is 0 Å². The number of oxime groups is 1. The molecular weight excluding hydrogens is 214 g/mol. The fourth-order valence-corrected chi connectivity index (χ4v) is 1.66. The fraction of sp³-hybridized carbons (Fsp3) is 0.462. The van der Waals surface area contributed by atoms with Crippen molar-refractivity contribution in [2.24, 2.45) is 10.9 Å². The molecule has 0 spiro atoms. The largest absolute Gasteiger partial charge is 0.409 e. The van der Waals surface area contributed by atoms with Crippen molar-refractivity contribution in [2.45, 2.75) is 26.2 Å². The number of hydrogen-bond acceptors (Lipinski definition) is 3. The molecule has 94 valence electrons. The molecule has 4 heteroatoms. The van der Waals surface area contributed by atoms with Gasteiger partial charge in [-0.3, -0.25) is 0 Å². The van der Waals surface area contributed by atoms with Crippen LogP contribution in [-0.4, -0.2) is 24.6 Å². The molecule has 1 aromatic carbocycles. The number of amidine groups is 1. The van der Waals surface area contributed by atoms with Crippen LogP contribution in [-0.2, 0) is 6.42 Å². The van der Waals surface area contributed by atoms with Crippen LogP contribution in [0.4, 0.5) is 5.69 Å². The first-order valence-electron chi connectivity index (χ1n) is 5.93. The minimum Gasteiger partial charge on any atom is -0.409 e. The highest BCUT2D eigenvalue weighted by Gasteiger charge is 2.01. The van der Waals surface area contributed by atoms with Gasteiger partial charge in [-0.1, -0.05) is 24.2 Å². The molecule has 0 aliphatic heterocycles. The zero-order valence-corrected chi connectivity index (χ0v) is 10.6. The summed E-state index contributed by atoms with van der Waals surface area (Å²) in [5.74, 6) is 0.291. The molecule has 0 aromatic heterocycles. The smallest absolute Gasteiger partial charge is 0.139 e. The first kappa shape index (κ1) is 13.4. The molecule has 17 heavy (non-hydrogen) atoms. The highest BCUT2D eigenvalue weighted by atomic mass is 16.4. The summed E-state index contributed by atoms with van der Waals surface area (Å²) in [6.45, 7) is 3.04. The summed E-state index contributed by atoms with van der Waals surface area (Å²) in [4.78, 5) is 2.17. The first-order valence-corrected chi connectivity index (χ1v) is 5.93. The van der Waals surface area contributed by atoms with E-state index in [4.69, 9.17) is 10.9 Å². The van der Waals surface area contributed by atoms with Crippen molar-refractivity contribution in [2.75, 3.05) is 18.5 Å². The van der Waals surface area contributed by atoms with Gasteiger partial charge < -0.3 is 15.8 Å². The molecule has 0 fully saturated rings. The normalized spacial score (nSPS) is 11.5. The van der Waals surface area contributed by atoms with Gasteiger partial charge in [-0.2, -0.15) is 0 Å². The lowest BCUT2D eigenvalue weighted by Gasteiger charge is -2.19. The van der Waals surface area contributed by atoms with Crippen LogP contribution in [0.3, 0.4) is 0 Å². The van der Waals surface area contributed by atoms with E-state index in [0.29, 0.717) is 12.3 Å². The maximum Gasteiger partial charge on any atom is 0.139 e. The van der Waals surface area contributed by atoms with Crippen LogP contribution in [0, 0.1) is 0 Å². The summed E-state index contributed by atoms with van der Waals surface area (Å²) >= 11 is 0. The summed E-state index contributed by atoms with van der Waals surface area (Å²) in [5, 5.41) is 11.4. The van der Waals surface area contributed by atoms with Gasteiger partial charge in [0.05, 0.1) is 0 Å². The van der Waals surface area contributed by atoms with Crippen LogP contribution in [0.2, 0.25) is 0 Å². The molecule has 0 unspecified atom stereocenters. The number of hydrogen-bond donors (Lipinski definition) is 2. The van der Waals surface area contributed by atoms with Crippen molar-refractivity contribution >= 4 is 11.5 Å². The van der Waals surface area contributed by atoms with Crippen molar-refractivity contribution in [3.05, 3.63) is 29.8 Å². The fourth-order valence-electron chi connectivity index (χ4n) is 1.66. The minimum absolute atomic E-state index is 0.291. The van der Waals surface area contributed by atoms with Crippen LogP contribution < -0.4 is 10.6 Å². The summed E-state index contributed by atoms with van der Waals surface area (Å²) < 4.78 is 0. The van der Waals surface area contributed by atoms with Crippen LogP contribution in [0.25, 0.3) is 0 Å². The molecule has 0 amide bonds. The maximum absolute atomic E-state index is 8.42. The third kappa shape index (κ3) is 4.34. The molecule has 0 heterocycles. The first-order chi connectivity index (χ1) is 8.17. The second-order valence-electron chi connectivity index (χ2n) is 4.14. The van der Waals surface area contributed by atoms with Crippen molar-refractivity contribution in [1.29, 1.82) is 0 Å². The van der Waals surface area contributed by atoms with Gasteiger partial charge in [0.2, 0.25) is 0 Å². The summed E-state index contributed by atoms with van der Waals surface area (Å²) in [7, 11) is 2.05. The lowest BCUT2D eigenvalue weighted by Crippen LogP contribution is -2.21. The Morgan fingerprint density at radius 3 is 2.53 bits per heavy atom. The molecule has 0 aliphatic rings. The quantitative estimate of drug-likeness (QED) is 0.344. The number of nitrogens with zero attached hydrogens (tertiary/aromatic N) is 2. The topological polar surface area (TPSA) is 61.8 Å². The molecule has 0 radical (unpaired) electrons. The maximum atomic E-state index is 8.42. The van der Waals surface area contributed by atoms with Gasteiger partial charge in [-0.25, -0.2) is 0 Å². The Labute approximate surface area is 103 Å². The van der Waals surface area contributed by atoms with E-state index in [9.17, 15) is 0 Å². The van der Waals surface area contributed by atoms with E-state index < -0.39 is 0 Å². The lowest BCUT2D eigenvalue weighted by atomic mass is 10.1. The number of anilines is 1. The highest BCUT2D eigenvalue weighted by Crippen LogP contribution is 2.14. The molecule has 4 nitrogen and oxygen atoms in total. The number of benzene rings is 1. The lowest BCUT2D eigenvalue weighted by molar-refractivity contribution is 0.316. The average molecular weight is 235 g/mol. The molecule has 0 bridgehead atoms. The molecule has 0 atom stereocenters. The number of nitrogens with two attached hydrogens (primary N) is 1. The van der Waals surface area contributed by atoms with Crippen LogP contribution >= 0.6 is 0 Å². The van der Waals surface area contributed by atoms with E-state index in [0.717, 1.165) is 19.4 Å². The Bertz CT molecular complexity index is 359. The van der Waals surface area contributed by atoms with E-state index >= 15 is 0 Å². The van der Waals surface area contributed by atoms with Gasteiger partial charge in [0.15, 0.2) is 0 Å². The van der Waals surface area contributed by atoms with Crippen molar-refractivity contribution < 1.29 is 5.21 Å². The zero-order chi connectivity index (χ0) is 12.7. The number of rotatable bonds is 6. The SMILES string of the molecule is CCc1ccc(N(C)CCCC(N)=NO)cc1. The van der Waals surface area contributed by atoms with Crippen molar-refractivity contribution in [3.63, 3.8) is 0 Å². The monoisotopic (exact) mass is 235 g/mol. The van der Waals surface area contributed by atoms with E-state index in [-0.39, 0.29) is 0 Å². The Kier molecular flexibility index (Phi) is 5.33. The molecule has 0 aliphatic carbocycles. The molecule has 1 rings (SSSR count). The van der Waals surface area contributed by atoms with E-state index in [1.54, 1.807) is 0 Å². The van der Waals surface area contributed by atoms with Gasteiger partial charge in [0.25, 0.3) is 0 Å². The van der Waals surface area contributed by atoms with E-state index in [2.05, 4.69) is 41.2 Å². The van der Waals surface area contributed by atoms with Gasteiger partial charge in [-0.05, 0) is 30.5 Å².